The van der Waals surface area contributed by atoms with Crippen LogP contribution in [0, 0.1) is 0 Å². The number of benzene rings is 2. The molecule has 0 fully saturated rings. The molecule has 2 aromatic carbocycles. The van der Waals surface area contributed by atoms with Crippen molar-refractivity contribution in [1.82, 2.24) is 15.6 Å². The first-order valence-corrected chi connectivity index (χ1v) is 10.9. The molecule has 8 nitrogen and oxygen atoms in total. The molecule has 1 aliphatic rings. The number of carboxylic acids is 1. The first-order valence-electron chi connectivity index (χ1n) is 10.0. The van der Waals surface area contributed by atoms with E-state index < -0.39 is 30.6 Å². The van der Waals surface area contributed by atoms with Crippen molar-refractivity contribution in [3.8, 4) is 11.1 Å². The summed E-state index contributed by atoms with van der Waals surface area (Å²) >= 11 is 1.20. The van der Waals surface area contributed by atoms with Crippen molar-refractivity contribution in [2.45, 2.75) is 18.9 Å². The van der Waals surface area contributed by atoms with Crippen LogP contribution in [0.3, 0.4) is 0 Å². The largest absolute Gasteiger partial charge is 0.480 e. The second kappa shape index (κ2) is 9.19. The molecule has 0 saturated carbocycles. The highest BCUT2D eigenvalue weighted by molar-refractivity contribution is 7.09. The van der Waals surface area contributed by atoms with Crippen LogP contribution in [-0.2, 0) is 9.53 Å². The Kier molecular flexibility index (Phi) is 6.18. The molecule has 0 saturated heterocycles. The topological polar surface area (TPSA) is 118 Å². The van der Waals surface area contributed by atoms with Gasteiger partial charge >= 0.3 is 12.1 Å². The molecule has 32 heavy (non-hydrogen) atoms. The number of fused-ring (bicyclic) bond motifs is 3. The maximum absolute atomic E-state index is 12.4. The Balaban J connectivity index is 1.36. The minimum atomic E-state index is -1.14. The molecule has 3 aromatic rings. The van der Waals surface area contributed by atoms with Gasteiger partial charge in [0.25, 0.3) is 5.91 Å². The molecule has 3 N–H and O–H groups in total. The van der Waals surface area contributed by atoms with Crippen LogP contribution in [0.15, 0.2) is 53.9 Å². The predicted octanol–water partition coefficient (Wildman–Crippen LogP) is 3.56. The molecule has 1 aromatic heterocycles. The number of carbonyl (C=O) groups is 3. The van der Waals surface area contributed by atoms with Crippen molar-refractivity contribution >= 4 is 29.3 Å². The summed E-state index contributed by atoms with van der Waals surface area (Å²) in [4.78, 5) is 39.1. The number of ether oxygens (including phenoxy) is 1. The molecule has 2 amide bonds. The summed E-state index contributed by atoms with van der Waals surface area (Å²) < 4.78 is 5.53. The van der Waals surface area contributed by atoms with Crippen LogP contribution in [0.1, 0.15) is 45.5 Å². The summed E-state index contributed by atoms with van der Waals surface area (Å²) in [6, 6.07) is 15.7. The third-order valence-corrected chi connectivity index (χ3v) is 6.23. The van der Waals surface area contributed by atoms with Gasteiger partial charge in [-0.1, -0.05) is 48.5 Å². The van der Waals surface area contributed by atoms with E-state index in [1.807, 2.05) is 24.3 Å². The number of alkyl carbamates (subject to hydrolysis) is 1. The molecule has 1 heterocycles. The molecule has 164 valence electrons. The van der Waals surface area contributed by atoms with E-state index in [2.05, 4.69) is 39.9 Å². The molecular formula is C23H21N3O5S. The smallest absolute Gasteiger partial charge is 0.407 e. The lowest BCUT2D eigenvalue weighted by Crippen LogP contribution is -2.30. The number of hydrogen-bond donors (Lipinski definition) is 3. The zero-order valence-electron chi connectivity index (χ0n) is 17.2. The Morgan fingerprint density at radius 1 is 1.09 bits per heavy atom. The third kappa shape index (κ3) is 4.47. The molecule has 1 aliphatic carbocycles. The quantitative estimate of drug-likeness (QED) is 0.506. The number of nitrogens with zero attached hydrogens (tertiary/aromatic N) is 1. The van der Waals surface area contributed by atoms with E-state index in [0.717, 1.165) is 22.3 Å². The molecule has 0 radical (unpaired) electrons. The van der Waals surface area contributed by atoms with E-state index in [1.165, 1.54) is 16.7 Å². The molecule has 1 atom stereocenters. The maximum Gasteiger partial charge on any atom is 0.407 e. The summed E-state index contributed by atoms with van der Waals surface area (Å²) in [6.45, 7) is 1.45. The van der Waals surface area contributed by atoms with Gasteiger partial charge in [0.1, 0.15) is 23.9 Å². The van der Waals surface area contributed by atoms with E-state index >= 15 is 0 Å². The van der Waals surface area contributed by atoms with Gasteiger partial charge in [0.15, 0.2) is 0 Å². The molecule has 0 spiro atoms. The summed E-state index contributed by atoms with van der Waals surface area (Å²) in [5, 5.41) is 15.7. The molecular weight excluding hydrogens is 430 g/mol. The monoisotopic (exact) mass is 451 g/mol. The van der Waals surface area contributed by atoms with Gasteiger partial charge in [0, 0.05) is 11.3 Å². The normalized spacial score (nSPS) is 13.0. The van der Waals surface area contributed by atoms with Crippen molar-refractivity contribution in [1.29, 1.82) is 0 Å². The summed E-state index contributed by atoms with van der Waals surface area (Å²) in [5.74, 6) is -1.75. The number of thiazole rings is 1. The van der Waals surface area contributed by atoms with Gasteiger partial charge in [0.2, 0.25) is 0 Å². The zero-order chi connectivity index (χ0) is 22.7. The molecule has 1 unspecified atom stereocenters. The molecule has 4 rings (SSSR count). The molecule has 0 aliphatic heterocycles. The Bertz CT molecular complexity index is 1130. The Labute approximate surface area is 188 Å². The second-order valence-corrected chi connectivity index (χ2v) is 8.23. The van der Waals surface area contributed by atoms with E-state index in [4.69, 9.17) is 9.84 Å². The fraction of sp³-hybridized carbons (Fsp3) is 0.217. The number of hydrogen-bond acceptors (Lipinski definition) is 6. The van der Waals surface area contributed by atoms with E-state index in [9.17, 15) is 14.4 Å². The zero-order valence-corrected chi connectivity index (χ0v) is 18.0. The van der Waals surface area contributed by atoms with Crippen LogP contribution in [0.4, 0.5) is 4.79 Å². The van der Waals surface area contributed by atoms with Gasteiger partial charge in [-0.2, -0.15) is 0 Å². The van der Waals surface area contributed by atoms with Gasteiger partial charge in [0.05, 0.1) is 6.04 Å². The van der Waals surface area contributed by atoms with Crippen molar-refractivity contribution in [3.05, 3.63) is 75.7 Å². The van der Waals surface area contributed by atoms with E-state index in [0.29, 0.717) is 5.01 Å². The lowest BCUT2D eigenvalue weighted by molar-refractivity contribution is -0.135. The highest BCUT2D eigenvalue weighted by atomic mass is 32.1. The Morgan fingerprint density at radius 3 is 2.34 bits per heavy atom. The van der Waals surface area contributed by atoms with Crippen molar-refractivity contribution in [2.24, 2.45) is 0 Å². The number of aromatic nitrogens is 1. The fourth-order valence-electron chi connectivity index (χ4n) is 3.72. The van der Waals surface area contributed by atoms with Gasteiger partial charge in [-0.05, 0) is 29.2 Å². The fourth-order valence-corrected chi connectivity index (χ4v) is 4.52. The van der Waals surface area contributed by atoms with Crippen LogP contribution in [0.25, 0.3) is 11.1 Å². The van der Waals surface area contributed by atoms with Crippen LogP contribution >= 0.6 is 11.3 Å². The lowest BCUT2D eigenvalue weighted by atomic mass is 9.98. The van der Waals surface area contributed by atoms with Crippen molar-refractivity contribution < 1.29 is 24.2 Å². The number of carbonyl (C=O) groups excluding carboxylic acids is 2. The van der Waals surface area contributed by atoms with Gasteiger partial charge < -0.3 is 20.5 Å². The molecule has 9 heteroatoms. The van der Waals surface area contributed by atoms with Crippen LogP contribution in [0.2, 0.25) is 0 Å². The average Bonchev–Trinajstić information content (AvgIpc) is 3.40. The average molecular weight is 452 g/mol. The predicted molar refractivity (Wildman–Crippen MR) is 119 cm³/mol. The van der Waals surface area contributed by atoms with E-state index in [-0.39, 0.29) is 18.2 Å². The van der Waals surface area contributed by atoms with Gasteiger partial charge in [-0.3, -0.25) is 9.59 Å². The highest BCUT2D eigenvalue weighted by Crippen LogP contribution is 2.44. The molecule has 0 bridgehead atoms. The van der Waals surface area contributed by atoms with Crippen LogP contribution < -0.4 is 10.6 Å². The lowest BCUT2D eigenvalue weighted by Gasteiger charge is -2.16. The third-order valence-electron chi connectivity index (χ3n) is 5.20. The van der Waals surface area contributed by atoms with Crippen LogP contribution in [-0.4, -0.2) is 41.2 Å². The second-order valence-electron chi connectivity index (χ2n) is 7.34. The number of carboxylic acid groups (broad SMARTS) is 1. The highest BCUT2D eigenvalue weighted by Gasteiger charge is 2.29. The van der Waals surface area contributed by atoms with Gasteiger partial charge in [-0.25, -0.2) is 9.78 Å². The Morgan fingerprint density at radius 2 is 1.72 bits per heavy atom. The Hall–Kier alpha value is -3.72. The minimum absolute atomic E-state index is 0.0344. The summed E-state index contributed by atoms with van der Waals surface area (Å²) in [5.41, 5.74) is 4.68. The SMILES string of the molecule is CC(NC(=O)OCC1c2ccccc2-c2ccccc21)c1nc(C(=O)NCC(=O)O)cs1. The summed E-state index contributed by atoms with van der Waals surface area (Å²) in [7, 11) is 0. The number of rotatable bonds is 7. The van der Waals surface area contributed by atoms with Crippen molar-refractivity contribution in [2.75, 3.05) is 13.2 Å². The number of amides is 2. The minimum Gasteiger partial charge on any atom is -0.480 e. The first-order chi connectivity index (χ1) is 15.4. The first kappa shape index (κ1) is 21.5. The number of nitrogens with one attached hydrogen (secondary N) is 2. The van der Waals surface area contributed by atoms with Crippen molar-refractivity contribution in [3.63, 3.8) is 0 Å². The summed E-state index contributed by atoms with van der Waals surface area (Å²) in [6.07, 6.45) is -0.577. The van der Waals surface area contributed by atoms with E-state index in [1.54, 1.807) is 6.92 Å². The maximum atomic E-state index is 12.4. The number of aliphatic carboxylic acids is 1. The van der Waals surface area contributed by atoms with Crippen LogP contribution in [0.5, 0.6) is 0 Å². The van der Waals surface area contributed by atoms with Gasteiger partial charge in [-0.15, -0.1) is 11.3 Å². The standard InChI is InChI=1S/C23H21N3O5S/c1-13(22-26-19(12-32-22)21(29)24-10-20(27)28)25-23(30)31-11-18-16-8-4-2-6-14(16)15-7-3-5-9-17(15)18/h2-9,12-13,18H,10-11H2,1H3,(H,24,29)(H,25,30)(H,27,28).